The number of hydrogen-bond donors (Lipinski definition) is 1. The Hall–Kier alpha value is 0.130. The molecule has 48 valence electrons. The van der Waals surface area contributed by atoms with E-state index in [0.717, 1.165) is 0 Å². The van der Waals surface area contributed by atoms with Crippen molar-refractivity contribution in [2.24, 2.45) is 5.73 Å². The number of carbonyl (C=O) groups is 1. The van der Waals surface area contributed by atoms with E-state index in [1.165, 1.54) is 6.92 Å². The molecule has 4 heteroatoms. The molecule has 0 heterocycles. The third kappa shape index (κ3) is 2.44. The minimum atomic E-state index is -1.15. The summed E-state index contributed by atoms with van der Waals surface area (Å²) in [5.74, 6) is -0.597. The average molecular weight is 231 g/mol. The van der Waals surface area contributed by atoms with Crippen LogP contribution in [0.4, 0.5) is 4.39 Å². The van der Waals surface area contributed by atoms with Crippen LogP contribution in [0, 0.1) is 0 Å². The predicted molar refractivity (Wildman–Crippen MR) is 37.6 cm³/mol. The van der Waals surface area contributed by atoms with Crippen molar-refractivity contribution in [3.8, 4) is 0 Å². The minimum absolute atomic E-state index is 0.597. The second-order valence-corrected chi connectivity index (χ2v) is 2.82. The highest BCUT2D eigenvalue weighted by molar-refractivity contribution is 14.1. The van der Waals surface area contributed by atoms with Gasteiger partial charge < -0.3 is 5.73 Å². The van der Waals surface area contributed by atoms with Crippen LogP contribution in [-0.2, 0) is 4.79 Å². The Labute approximate surface area is 60.8 Å². The van der Waals surface area contributed by atoms with Crippen LogP contribution in [0.2, 0.25) is 0 Å². The van der Waals surface area contributed by atoms with E-state index >= 15 is 0 Å². The molecule has 0 aromatic heterocycles. The van der Waals surface area contributed by atoms with Crippen molar-refractivity contribution in [2.75, 3.05) is 0 Å². The number of halogens is 2. The topological polar surface area (TPSA) is 43.1 Å². The molecule has 0 aliphatic carbocycles. The zero-order chi connectivity index (χ0) is 6.73. The third-order valence-electron chi connectivity index (χ3n) is 0.675. The molecular formula is C4H7FINO. The molecule has 2 nitrogen and oxygen atoms in total. The van der Waals surface area contributed by atoms with E-state index in [1.807, 2.05) is 0 Å². The molecule has 0 saturated carbocycles. The quantitative estimate of drug-likeness (QED) is 0.549. The standard InChI is InChI=1S/C4H7FINO/c1-2(5)3(6)4(7)8/h2-3H,1H3,(H2,7,8). The lowest BCUT2D eigenvalue weighted by Crippen LogP contribution is -2.29. The highest BCUT2D eigenvalue weighted by atomic mass is 127. The van der Waals surface area contributed by atoms with Gasteiger partial charge in [-0.25, -0.2) is 4.39 Å². The molecule has 8 heavy (non-hydrogen) atoms. The monoisotopic (exact) mass is 231 g/mol. The van der Waals surface area contributed by atoms with Crippen LogP contribution in [-0.4, -0.2) is 16.0 Å². The first-order chi connectivity index (χ1) is 3.55. The Kier molecular flexibility index (Phi) is 3.27. The van der Waals surface area contributed by atoms with Crippen LogP contribution >= 0.6 is 22.6 Å². The van der Waals surface area contributed by atoms with Crippen molar-refractivity contribution in [3.05, 3.63) is 0 Å². The van der Waals surface area contributed by atoms with E-state index in [1.54, 1.807) is 22.6 Å². The summed E-state index contributed by atoms with van der Waals surface area (Å²) in [5, 5.41) is 0. The summed E-state index contributed by atoms with van der Waals surface area (Å²) in [7, 11) is 0. The second kappa shape index (κ2) is 3.21. The van der Waals surface area contributed by atoms with Crippen molar-refractivity contribution in [1.29, 1.82) is 0 Å². The lowest BCUT2D eigenvalue weighted by molar-refractivity contribution is -0.117. The summed E-state index contributed by atoms with van der Waals surface area (Å²) in [6, 6.07) is 0. The van der Waals surface area contributed by atoms with Gasteiger partial charge in [0, 0.05) is 0 Å². The summed E-state index contributed by atoms with van der Waals surface area (Å²) in [5.41, 5.74) is 4.75. The van der Waals surface area contributed by atoms with Crippen LogP contribution in [0.15, 0.2) is 0 Å². The summed E-state index contributed by atoms with van der Waals surface area (Å²) in [6.45, 7) is 1.31. The maximum Gasteiger partial charge on any atom is 0.233 e. The maximum atomic E-state index is 12.0. The molecule has 0 bridgehead atoms. The van der Waals surface area contributed by atoms with Crippen LogP contribution in [0.25, 0.3) is 0 Å². The van der Waals surface area contributed by atoms with Crippen molar-refractivity contribution < 1.29 is 9.18 Å². The molecule has 0 radical (unpaired) electrons. The third-order valence-corrected chi connectivity index (χ3v) is 2.28. The molecule has 0 spiro atoms. The highest BCUT2D eigenvalue weighted by Crippen LogP contribution is 2.07. The van der Waals surface area contributed by atoms with Crippen LogP contribution in [0.1, 0.15) is 6.92 Å². The number of amides is 1. The Morgan fingerprint density at radius 1 is 1.88 bits per heavy atom. The molecule has 0 rings (SSSR count). The lowest BCUT2D eigenvalue weighted by Gasteiger charge is -2.03. The van der Waals surface area contributed by atoms with Gasteiger partial charge in [0.15, 0.2) is 0 Å². The van der Waals surface area contributed by atoms with E-state index in [0.29, 0.717) is 0 Å². The second-order valence-electron chi connectivity index (χ2n) is 1.48. The number of rotatable bonds is 2. The molecule has 0 aliphatic rings. The minimum Gasteiger partial charge on any atom is -0.369 e. The van der Waals surface area contributed by atoms with Gasteiger partial charge in [-0.15, -0.1) is 0 Å². The van der Waals surface area contributed by atoms with Crippen LogP contribution in [0.3, 0.4) is 0 Å². The first-order valence-electron chi connectivity index (χ1n) is 2.13. The van der Waals surface area contributed by atoms with E-state index < -0.39 is 16.0 Å². The van der Waals surface area contributed by atoms with Crippen molar-refractivity contribution in [3.63, 3.8) is 0 Å². The van der Waals surface area contributed by atoms with E-state index in [9.17, 15) is 9.18 Å². The first-order valence-corrected chi connectivity index (χ1v) is 3.37. The Balaban J connectivity index is 3.64. The maximum absolute atomic E-state index is 12.0. The molecule has 0 aromatic carbocycles. The summed E-state index contributed by atoms with van der Waals surface area (Å²) in [4.78, 5) is 10.1. The number of hydrogen-bond acceptors (Lipinski definition) is 1. The average Bonchev–Trinajstić information content (AvgIpc) is 1.64. The number of primary amides is 1. The molecule has 2 atom stereocenters. The SMILES string of the molecule is CC(F)C(I)C(N)=O. The van der Waals surface area contributed by atoms with Crippen LogP contribution in [0.5, 0.6) is 0 Å². The van der Waals surface area contributed by atoms with E-state index in [-0.39, 0.29) is 0 Å². The van der Waals surface area contributed by atoms with Gasteiger partial charge in [0.05, 0.1) is 0 Å². The van der Waals surface area contributed by atoms with Gasteiger partial charge in [-0.05, 0) is 6.92 Å². The van der Waals surface area contributed by atoms with Gasteiger partial charge in [0.2, 0.25) is 5.91 Å². The fraction of sp³-hybridized carbons (Fsp3) is 0.750. The normalized spacial score (nSPS) is 17.4. The van der Waals surface area contributed by atoms with E-state index in [2.05, 4.69) is 0 Å². The van der Waals surface area contributed by atoms with Gasteiger partial charge in [-0.3, -0.25) is 4.79 Å². The van der Waals surface area contributed by atoms with Crippen molar-refractivity contribution >= 4 is 28.5 Å². The van der Waals surface area contributed by atoms with Crippen LogP contribution < -0.4 is 5.73 Å². The molecular weight excluding hydrogens is 224 g/mol. The fourth-order valence-electron chi connectivity index (χ4n) is 0.226. The van der Waals surface area contributed by atoms with Gasteiger partial charge in [0.1, 0.15) is 10.1 Å². The molecule has 2 N–H and O–H groups in total. The molecule has 0 aliphatic heterocycles. The molecule has 2 unspecified atom stereocenters. The largest absolute Gasteiger partial charge is 0.369 e. The molecule has 0 aromatic rings. The first kappa shape index (κ1) is 8.13. The smallest absolute Gasteiger partial charge is 0.233 e. The number of carbonyl (C=O) groups excluding carboxylic acids is 1. The Morgan fingerprint density at radius 3 is 2.25 bits per heavy atom. The number of alkyl halides is 2. The molecule has 1 amide bonds. The molecule has 0 fully saturated rings. The van der Waals surface area contributed by atoms with Crippen molar-refractivity contribution in [1.82, 2.24) is 0 Å². The molecule has 0 saturated heterocycles. The summed E-state index contributed by atoms with van der Waals surface area (Å²) in [6.07, 6.45) is -1.15. The van der Waals surface area contributed by atoms with Gasteiger partial charge in [-0.2, -0.15) is 0 Å². The number of nitrogens with two attached hydrogens (primary N) is 1. The fourth-order valence-corrected chi connectivity index (χ4v) is 0.226. The predicted octanol–water partition coefficient (Wildman–Crippen LogP) is 0.633. The summed E-state index contributed by atoms with van der Waals surface area (Å²) >= 11 is 1.67. The van der Waals surface area contributed by atoms with Gasteiger partial charge >= 0.3 is 0 Å². The lowest BCUT2D eigenvalue weighted by atomic mass is 10.3. The van der Waals surface area contributed by atoms with E-state index in [4.69, 9.17) is 5.73 Å². The zero-order valence-electron chi connectivity index (χ0n) is 4.40. The zero-order valence-corrected chi connectivity index (χ0v) is 6.55. The Bertz CT molecular complexity index is 96.0. The highest BCUT2D eigenvalue weighted by Gasteiger charge is 2.17. The Morgan fingerprint density at radius 2 is 2.25 bits per heavy atom. The van der Waals surface area contributed by atoms with Gasteiger partial charge in [0.25, 0.3) is 0 Å². The van der Waals surface area contributed by atoms with Crippen molar-refractivity contribution in [2.45, 2.75) is 17.0 Å². The summed E-state index contributed by atoms with van der Waals surface area (Å²) < 4.78 is 11.4. The van der Waals surface area contributed by atoms with Gasteiger partial charge in [-0.1, -0.05) is 22.6 Å².